The Bertz CT molecular complexity index is 518. The maximum absolute atomic E-state index is 12.0. The first-order valence-electron chi connectivity index (χ1n) is 10.5. The molecule has 9 heteroatoms. The van der Waals surface area contributed by atoms with E-state index in [0.717, 1.165) is 6.42 Å². The second-order valence-electron chi connectivity index (χ2n) is 7.76. The molecule has 30 heavy (non-hydrogen) atoms. The van der Waals surface area contributed by atoms with Gasteiger partial charge in [-0.05, 0) is 12.8 Å². The molecular formula is C21H38LiN2O6+. The number of hydrogen-bond donors (Lipinski definition) is 3. The number of hydrogen-bond acceptors (Lipinski definition) is 5. The molecule has 0 aromatic carbocycles. The topological polar surface area (TPSA) is 127 Å². The second kappa shape index (κ2) is 17.4. The first kappa shape index (κ1) is 30.9. The van der Waals surface area contributed by atoms with Crippen molar-refractivity contribution in [2.75, 3.05) is 39.3 Å². The summed E-state index contributed by atoms with van der Waals surface area (Å²) >= 11 is 0. The van der Waals surface area contributed by atoms with Crippen molar-refractivity contribution in [3.63, 3.8) is 0 Å². The summed E-state index contributed by atoms with van der Waals surface area (Å²) in [4.78, 5) is 34.2. The molecule has 0 bridgehead atoms. The molecular weight excluding hydrogens is 383 g/mol. The van der Waals surface area contributed by atoms with E-state index in [0.29, 0.717) is 62.9 Å². The fourth-order valence-electron chi connectivity index (χ4n) is 3.08. The van der Waals surface area contributed by atoms with Crippen LogP contribution in [0.25, 0.3) is 0 Å². The Morgan fingerprint density at radius 2 is 1.63 bits per heavy atom. The maximum atomic E-state index is 12.0. The standard InChI is InChI=1S/C21H38N2O6.Li/c1-4-5-6-7-8-19(25)22-11-14-23(15-16-24,12-9-17(2)20(26)27)13-10-18(3)21(28)29;/h5-6,17-18,24H,4,7-16H2,1-3H3,(H2-,22,25,26,27,28,29);/q;+1/b6-5+;. The molecule has 3 unspecified atom stereocenters. The monoisotopic (exact) mass is 421 g/mol. The molecule has 0 saturated heterocycles. The number of carboxylic acid groups (broad SMARTS) is 2. The molecule has 168 valence electrons. The van der Waals surface area contributed by atoms with Gasteiger partial charge < -0.3 is 29.9 Å². The Morgan fingerprint density at radius 3 is 2.13 bits per heavy atom. The molecule has 3 N–H and O–H groups in total. The van der Waals surface area contributed by atoms with E-state index in [4.69, 9.17) is 5.11 Å². The summed E-state index contributed by atoms with van der Waals surface area (Å²) < 4.78 is 0.363. The van der Waals surface area contributed by atoms with Crippen LogP contribution in [-0.4, -0.2) is 71.9 Å². The van der Waals surface area contributed by atoms with Crippen molar-refractivity contribution in [3.05, 3.63) is 12.2 Å². The third kappa shape index (κ3) is 13.8. The summed E-state index contributed by atoms with van der Waals surface area (Å²) in [6, 6.07) is 0. The number of amides is 1. The smallest absolute Gasteiger partial charge is 0.550 e. The predicted molar refractivity (Wildman–Crippen MR) is 109 cm³/mol. The van der Waals surface area contributed by atoms with Crippen LogP contribution in [0.3, 0.4) is 0 Å². The Kier molecular flexibility index (Phi) is 17.9. The number of aliphatic hydroxyl groups is 1. The van der Waals surface area contributed by atoms with Crippen LogP contribution in [0.1, 0.15) is 52.9 Å². The summed E-state index contributed by atoms with van der Waals surface area (Å²) in [5.74, 6) is -3.24. The molecule has 0 spiro atoms. The van der Waals surface area contributed by atoms with Gasteiger partial charge in [-0.15, -0.1) is 0 Å². The number of carbonyl (C=O) groups is 3. The van der Waals surface area contributed by atoms with Crippen molar-refractivity contribution in [2.24, 2.45) is 11.8 Å². The Hall–Kier alpha value is -1.33. The number of aliphatic carboxylic acids is 2. The molecule has 3 atom stereocenters. The van der Waals surface area contributed by atoms with E-state index in [1.807, 2.05) is 19.1 Å². The number of carbonyl (C=O) groups excluding carboxylic acids is 2. The van der Waals surface area contributed by atoms with E-state index in [-0.39, 0.29) is 31.4 Å². The van der Waals surface area contributed by atoms with Gasteiger partial charge in [0.1, 0.15) is 6.54 Å². The number of quaternary nitrogens is 1. The van der Waals surface area contributed by atoms with Gasteiger partial charge in [-0.1, -0.05) is 32.9 Å². The fourth-order valence-corrected chi connectivity index (χ4v) is 3.08. The number of nitrogens with zero attached hydrogens (tertiary/aromatic N) is 1. The molecule has 0 heterocycles. The van der Waals surface area contributed by atoms with E-state index in [1.54, 1.807) is 13.8 Å². The van der Waals surface area contributed by atoms with Crippen LogP contribution >= 0.6 is 0 Å². The minimum Gasteiger partial charge on any atom is -0.550 e. The number of aliphatic hydroxyl groups excluding tert-OH is 1. The van der Waals surface area contributed by atoms with Crippen molar-refractivity contribution in [2.45, 2.75) is 52.9 Å². The summed E-state index contributed by atoms with van der Waals surface area (Å²) in [6.45, 7) is 7.36. The van der Waals surface area contributed by atoms with Crippen LogP contribution in [0, 0.1) is 11.8 Å². The van der Waals surface area contributed by atoms with Crippen LogP contribution in [0.2, 0.25) is 0 Å². The van der Waals surface area contributed by atoms with Gasteiger partial charge in [-0.2, -0.15) is 0 Å². The molecule has 1 amide bonds. The number of nitrogens with one attached hydrogen (secondary N) is 1. The van der Waals surface area contributed by atoms with Crippen molar-refractivity contribution in [1.82, 2.24) is 5.32 Å². The first-order valence-corrected chi connectivity index (χ1v) is 10.5. The summed E-state index contributed by atoms with van der Waals surface area (Å²) in [7, 11) is 0. The van der Waals surface area contributed by atoms with Crippen LogP contribution < -0.4 is 29.3 Å². The Morgan fingerprint density at radius 1 is 1.03 bits per heavy atom. The summed E-state index contributed by atoms with van der Waals surface area (Å²) in [6.07, 6.45) is 6.76. The van der Waals surface area contributed by atoms with Crippen molar-refractivity contribution in [3.8, 4) is 0 Å². The normalized spacial score (nSPS) is 15.1. The van der Waals surface area contributed by atoms with Crippen LogP contribution in [0.15, 0.2) is 12.2 Å². The van der Waals surface area contributed by atoms with E-state index in [1.165, 1.54) is 0 Å². The molecule has 0 aromatic rings. The molecule has 8 nitrogen and oxygen atoms in total. The van der Waals surface area contributed by atoms with Gasteiger partial charge in [0.15, 0.2) is 0 Å². The average molecular weight is 421 g/mol. The number of carboxylic acids is 2. The molecule has 0 aliphatic carbocycles. The van der Waals surface area contributed by atoms with Crippen LogP contribution in [-0.2, 0) is 14.4 Å². The third-order valence-corrected chi connectivity index (χ3v) is 5.32. The van der Waals surface area contributed by atoms with Gasteiger partial charge in [0.25, 0.3) is 0 Å². The minimum atomic E-state index is -1.13. The maximum Gasteiger partial charge on any atom is 1.00 e. The van der Waals surface area contributed by atoms with Crippen LogP contribution in [0.4, 0.5) is 0 Å². The number of rotatable bonds is 17. The minimum absolute atomic E-state index is 0. The Labute approximate surface area is 192 Å². The molecule has 0 radical (unpaired) electrons. The molecule has 0 saturated carbocycles. The number of allylic oxidation sites excluding steroid dienone is 2. The molecule has 0 aliphatic heterocycles. The Balaban J connectivity index is 0. The SMILES string of the molecule is CC/C=C/CCC(=O)NCC[N+](CCO)(CCC(C)C(=O)[O-])CCC(C)C(=O)O.[Li+]. The predicted octanol–water partition coefficient (Wildman–Crippen LogP) is -2.45. The second-order valence-corrected chi connectivity index (χ2v) is 7.76. The van der Waals surface area contributed by atoms with Gasteiger partial charge in [0.05, 0.1) is 38.7 Å². The largest absolute Gasteiger partial charge is 1.00 e. The van der Waals surface area contributed by atoms with Gasteiger partial charge in [0, 0.05) is 31.1 Å². The third-order valence-electron chi connectivity index (χ3n) is 5.32. The van der Waals surface area contributed by atoms with Crippen molar-refractivity contribution < 1.29 is 53.0 Å². The zero-order valence-electron chi connectivity index (χ0n) is 19.1. The van der Waals surface area contributed by atoms with Crippen molar-refractivity contribution >= 4 is 17.8 Å². The van der Waals surface area contributed by atoms with E-state index < -0.39 is 23.8 Å². The van der Waals surface area contributed by atoms with Crippen LogP contribution in [0.5, 0.6) is 0 Å². The summed E-state index contributed by atoms with van der Waals surface area (Å²) in [5.41, 5.74) is 0. The zero-order chi connectivity index (χ0) is 22.3. The van der Waals surface area contributed by atoms with E-state index >= 15 is 0 Å². The quantitative estimate of drug-likeness (QED) is 0.136. The average Bonchev–Trinajstić information content (AvgIpc) is 2.67. The van der Waals surface area contributed by atoms with E-state index in [2.05, 4.69) is 5.32 Å². The zero-order valence-corrected chi connectivity index (χ0v) is 19.1. The van der Waals surface area contributed by atoms with Crippen molar-refractivity contribution in [1.29, 1.82) is 0 Å². The van der Waals surface area contributed by atoms with Gasteiger partial charge in [-0.25, -0.2) is 0 Å². The van der Waals surface area contributed by atoms with Gasteiger partial charge in [-0.3, -0.25) is 9.59 Å². The molecule has 0 aliphatic rings. The summed E-state index contributed by atoms with van der Waals surface area (Å²) in [5, 5.41) is 32.7. The molecule has 0 aromatic heterocycles. The fraction of sp³-hybridized carbons (Fsp3) is 0.762. The van der Waals surface area contributed by atoms with E-state index in [9.17, 15) is 24.6 Å². The van der Waals surface area contributed by atoms with Gasteiger partial charge in [0.2, 0.25) is 5.91 Å². The van der Waals surface area contributed by atoms with Gasteiger partial charge >= 0.3 is 24.8 Å². The molecule has 0 fully saturated rings. The first-order chi connectivity index (χ1) is 13.7. The molecule has 0 rings (SSSR count).